The van der Waals surface area contributed by atoms with Gasteiger partial charge < -0.3 is 19.3 Å². The fraction of sp³-hybridized carbons (Fsp3) is 0.450. The van der Waals surface area contributed by atoms with Crippen LogP contribution in [0.5, 0.6) is 11.5 Å². The van der Waals surface area contributed by atoms with E-state index in [1.165, 1.54) is 13.2 Å². The van der Waals surface area contributed by atoms with Gasteiger partial charge in [-0.25, -0.2) is 4.79 Å². The van der Waals surface area contributed by atoms with E-state index >= 15 is 0 Å². The van der Waals surface area contributed by atoms with Crippen molar-refractivity contribution in [3.8, 4) is 11.5 Å². The summed E-state index contributed by atoms with van der Waals surface area (Å²) in [5.74, 6) is -2.28. The van der Waals surface area contributed by atoms with E-state index < -0.39 is 23.8 Å². The first kappa shape index (κ1) is 20.5. The summed E-state index contributed by atoms with van der Waals surface area (Å²) in [7, 11) is 1.45. The molecule has 1 aromatic carbocycles. The number of aliphatic imine (C=N–C) groups is 1. The van der Waals surface area contributed by atoms with E-state index in [-0.39, 0.29) is 24.5 Å². The molecule has 0 saturated heterocycles. The van der Waals surface area contributed by atoms with Gasteiger partial charge in [0.2, 0.25) is 0 Å². The first-order valence-electron chi connectivity index (χ1n) is 8.82. The Morgan fingerprint density at radius 3 is 2.37 bits per heavy atom. The van der Waals surface area contributed by atoms with E-state index in [0.717, 1.165) is 0 Å². The lowest BCUT2D eigenvalue weighted by Crippen LogP contribution is -2.36. The van der Waals surface area contributed by atoms with Gasteiger partial charge in [0.1, 0.15) is 5.92 Å². The third-order valence-corrected chi connectivity index (χ3v) is 4.43. The van der Waals surface area contributed by atoms with Gasteiger partial charge in [-0.2, -0.15) is 0 Å². The number of hydrogen-bond acceptors (Lipinski definition) is 7. The number of nitrogens with zero attached hydrogens (tertiary/aromatic N) is 1. The number of hydrogen-bond donors (Lipinski definition) is 1. The Kier molecular flexibility index (Phi) is 6.60. The van der Waals surface area contributed by atoms with Crippen molar-refractivity contribution in [2.45, 2.75) is 33.6 Å². The molecule has 1 N–H and O–H groups in total. The molecular weight excluding hydrogens is 350 g/mol. The van der Waals surface area contributed by atoms with Crippen molar-refractivity contribution >= 4 is 17.7 Å². The Hall–Kier alpha value is -2.83. The SMILES string of the molecule is CCOC(=O)C1=C(C)N=C(C)[C@H](C(=O)OCC)[C@@H]1c1ccc(OC)c(O)c1. The summed E-state index contributed by atoms with van der Waals surface area (Å²) in [6.07, 6.45) is 0. The molecule has 7 nitrogen and oxygen atoms in total. The van der Waals surface area contributed by atoms with Crippen LogP contribution < -0.4 is 4.74 Å². The minimum Gasteiger partial charge on any atom is -0.504 e. The lowest BCUT2D eigenvalue weighted by Gasteiger charge is -2.31. The molecule has 0 unspecified atom stereocenters. The summed E-state index contributed by atoms with van der Waals surface area (Å²) in [5.41, 5.74) is 1.87. The minimum atomic E-state index is -0.791. The number of rotatable bonds is 6. The fourth-order valence-corrected chi connectivity index (χ4v) is 3.31. The van der Waals surface area contributed by atoms with Gasteiger partial charge in [-0.05, 0) is 45.4 Å². The summed E-state index contributed by atoms with van der Waals surface area (Å²) < 4.78 is 15.5. The van der Waals surface area contributed by atoms with Crippen LogP contribution in [-0.4, -0.2) is 43.1 Å². The molecule has 146 valence electrons. The second-order valence-corrected chi connectivity index (χ2v) is 6.11. The predicted octanol–water partition coefficient (Wildman–Crippen LogP) is 2.98. The van der Waals surface area contributed by atoms with Crippen molar-refractivity contribution in [2.24, 2.45) is 10.9 Å². The third kappa shape index (κ3) is 4.13. The second-order valence-electron chi connectivity index (χ2n) is 6.11. The predicted molar refractivity (Wildman–Crippen MR) is 100.0 cm³/mol. The quantitative estimate of drug-likeness (QED) is 0.768. The lowest BCUT2D eigenvalue weighted by molar-refractivity contribution is -0.146. The van der Waals surface area contributed by atoms with Gasteiger partial charge in [0.25, 0.3) is 0 Å². The Balaban J connectivity index is 2.65. The van der Waals surface area contributed by atoms with Crippen LogP contribution >= 0.6 is 0 Å². The molecule has 0 aromatic heterocycles. The summed E-state index contributed by atoms with van der Waals surface area (Å²) in [5, 5.41) is 10.2. The van der Waals surface area contributed by atoms with E-state index in [1.54, 1.807) is 39.8 Å². The number of phenols is 1. The second kappa shape index (κ2) is 8.70. The molecule has 1 heterocycles. The summed E-state index contributed by atoms with van der Waals surface area (Å²) in [4.78, 5) is 29.7. The molecule has 2 rings (SSSR count). The molecule has 1 aliphatic heterocycles. The number of aromatic hydroxyl groups is 1. The smallest absolute Gasteiger partial charge is 0.336 e. The van der Waals surface area contributed by atoms with E-state index in [1.807, 2.05) is 0 Å². The zero-order valence-corrected chi connectivity index (χ0v) is 16.2. The molecule has 27 heavy (non-hydrogen) atoms. The van der Waals surface area contributed by atoms with E-state index in [0.29, 0.717) is 22.7 Å². The van der Waals surface area contributed by atoms with Gasteiger partial charge in [-0.15, -0.1) is 0 Å². The van der Waals surface area contributed by atoms with E-state index in [4.69, 9.17) is 14.2 Å². The summed E-state index contributed by atoms with van der Waals surface area (Å²) >= 11 is 0. The summed E-state index contributed by atoms with van der Waals surface area (Å²) in [6.45, 7) is 7.26. The highest BCUT2D eigenvalue weighted by Crippen LogP contribution is 2.42. The van der Waals surface area contributed by atoms with E-state index in [2.05, 4.69) is 4.99 Å². The van der Waals surface area contributed by atoms with Crippen LogP contribution in [0, 0.1) is 5.92 Å². The molecule has 0 saturated carbocycles. The van der Waals surface area contributed by atoms with Crippen LogP contribution in [0.25, 0.3) is 0 Å². The van der Waals surface area contributed by atoms with Crippen LogP contribution in [0.4, 0.5) is 0 Å². The van der Waals surface area contributed by atoms with Crippen LogP contribution in [-0.2, 0) is 19.1 Å². The molecule has 0 aliphatic carbocycles. The minimum absolute atomic E-state index is 0.0846. The van der Waals surface area contributed by atoms with Crippen molar-refractivity contribution in [1.82, 2.24) is 0 Å². The van der Waals surface area contributed by atoms with Crippen molar-refractivity contribution in [1.29, 1.82) is 0 Å². The molecule has 1 aliphatic rings. The normalized spacial score (nSPS) is 19.4. The maximum Gasteiger partial charge on any atom is 0.336 e. The largest absolute Gasteiger partial charge is 0.504 e. The number of phenolic OH excluding ortho intramolecular Hbond substituents is 1. The van der Waals surface area contributed by atoms with Gasteiger partial charge in [-0.3, -0.25) is 9.79 Å². The maximum absolute atomic E-state index is 12.7. The Bertz CT molecular complexity index is 796. The Labute approximate surface area is 158 Å². The fourth-order valence-electron chi connectivity index (χ4n) is 3.31. The summed E-state index contributed by atoms with van der Waals surface area (Å²) in [6, 6.07) is 4.79. The van der Waals surface area contributed by atoms with Gasteiger partial charge in [0, 0.05) is 17.3 Å². The van der Waals surface area contributed by atoms with Crippen LogP contribution in [0.2, 0.25) is 0 Å². The zero-order valence-electron chi connectivity index (χ0n) is 16.2. The number of carbonyl (C=O) groups excluding carboxylic acids is 2. The highest BCUT2D eigenvalue weighted by molar-refractivity contribution is 6.07. The first-order chi connectivity index (χ1) is 12.8. The number of ether oxygens (including phenoxy) is 3. The molecule has 0 radical (unpaired) electrons. The van der Waals surface area contributed by atoms with Crippen molar-refractivity contribution in [3.05, 3.63) is 35.0 Å². The topological polar surface area (TPSA) is 94.4 Å². The van der Waals surface area contributed by atoms with Crippen LogP contribution in [0.15, 0.2) is 34.5 Å². The standard InChI is InChI=1S/C20H25NO6/c1-6-26-19(23)16-11(3)21-12(4)17(20(24)27-7-2)18(16)13-8-9-15(25-5)14(22)10-13/h8-10,16,18,22H,6-7H2,1-5H3/t16-,18-/m0/s1. The van der Waals surface area contributed by atoms with Crippen molar-refractivity contribution in [2.75, 3.05) is 20.3 Å². The molecule has 0 amide bonds. The van der Waals surface area contributed by atoms with Crippen LogP contribution in [0.1, 0.15) is 39.2 Å². The zero-order chi connectivity index (χ0) is 20.1. The van der Waals surface area contributed by atoms with Gasteiger partial charge in [0.15, 0.2) is 11.5 Å². The molecular formula is C20H25NO6. The van der Waals surface area contributed by atoms with Crippen LogP contribution in [0.3, 0.4) is 0 Å². The molecule has 0 bridgehead atoms. The highest BCUT2D eigenvalue weighted by Gasteiger charge is 2.42. The molecule has 1 aromatic rings. The average molecular weight is 375 g/mol. The molecule has 2 atom stereocenters. The third-order valence-electron chi connectivity index (χ3n) is 4.43. The van der Waals surface area contributed by atoms with Gasteiger partial charge in [0.05, 0.1) is 25.9 Å². The van der Waals surface area contributed by atoms with Gasteiger partial charge >= 0.3 is 11.9 Å². The first-order valence-corrected chi connectivity index (χ1v) is 8.82. The molecule has 0 fully saturated rings. The number of carbonyl (C=O) groups is 2. The van der Waals surface area contributed by atoms with Crippen molar-refractivity contribution < 1.29 is 28.9 Å². The van der Waals surface area contributed by atoms with Gasteiger partial charge in [-0.1, -0.05) is 6.07 Å². The number of allylic oxidation sites excluding steroid dienone is 1. The van der Waals surface area contributed by atoms with Crippen molar-refractivity contribution in [3.63, 3.8) is 0 Å². The highest BCUT2D eigenvalue weighted by atomic mass is 16.5. The maximum atomic E-state index is 12.7. The van der Waals surface area contributed by atoms with E-state index in [9.17, 15) is 14.7 Å². The number of benzene rings is 1. The number of esters is 2. The average Bonchev–Trinajstić information content (AvgIpc) is 2.61. The number of methoxy groups -OCH3 is 1. The Morgan fingerprint density at radius 1 is 1.15 bits per heavy atom. The Morgan fingerprint density at radius 2 is 1.81 bits per heavy atom. The molecule has 7 heteroatoms. The molecule has 0 spiro atoms. The monoisotopic (exact) mass is 375 g/mol. The lowest BCUT2D eigenvalue weighted by atomic mass is 9.75.